The number of hydrogen-bond donors (Lipinski definition) is 0. The van der Waals surface area contributed by atoms with Crippen LogP contribution in [0.4, 0.5) is 4.39 Å². The van der Waals surface area contributed by atoms with Gasteiger partial charge in [0.25, 0.3) is 11.8 Å². The van der Waals surface area contributed by atoms with Gasteiger partial charge in [-0.1, -0.05) is 6.07 Å². The van der Waals surface area contributed by atoms with E-state index in [4.69, 9.17) is 18.3 Å². The predicted molar refractivity (Wildman–Crippen MR) is 83.8 cm³/mol. The molecule has 3 rings (SSSR count). The molecular formula is C17H13FN2O5. The molecule has 0 aliphatic heterocycles. The molecule has 7 nitrogen and oxygen atoms in total. The number of halogens is 1. The molecule has 0 aliphatic carbocycles. The molecule has 0 spiro atoms. The van der Waals surface area contributed by atoms with Crippen molar-refractivity contribution < 1.29 is 27.5 Å². The lowest BCUT2D eigenvalue weighted by atomic mass is 10.2. The molecule has 1 aromatic carbocycles. The summed E-state index contributed by atoms with van der Waals surface area (Å²) in [6.07, 6.45) is 4.07. The molecule has 0 radical (unpaired) electrons. The Morgan fingerprint density at radius 2 is 2.20 bits per heavy atom. The van der Waals surface area contributed by atoms with Crippen LogP contribution in [0.15, 0.2) is 51.5 Å². The third-order valence-electron chi connectivity index (χ3n) is 3.12. The first-order chi connectivity index (χ1) is 12.2. The second-order valence-electron chi connectivity index (χ2n) is 4.81. The number of nitrogens with zero attached hydrogens (tertiary/aromatic N) is 2. The standard InChI is InChI=1S/C17H13FN2O5/c1-22-13-6-4-11(9-12(13)18)5-7-16(21)24-10-15-19-20-17(25-15)14-3-2-8-23-14/h2-9H,10H2,1H3/b7-5+. The summed E-state index contributed by atoms with van der Waals surface area (Å²) < 4.78 is 33.8. The Morgan fingerprint density at radius 1 is 1.32 bits per heavy atom. The summed E-state index contributed by atoms with van der Waals surface area (Å²) in [7, 11) is 1.38. The summed E-state index contributed by atoms with van der Waals surface area (Å²) in [5.74, 6) is -0.276. The summed E-state index contributed by atoms with van der Waals surface area (Å²) in [5, 5.41) is 7.53. The Morgan fingerprint density at radius 3 is 2.92 bits per heavy atom. The molecule has 0 fully saturated rings. The van der Waals surface area contributed by atoms with Crippen LogP contribution >= 0.6 is 0 Å². The van der Waals surface area contributed by atoms with Crippen molar-refractivity contribution in [1.29, 1.82) is 0 Å². The van der Waals surface area contributed by atoms with E-state index in [-0.39, 0.29) is 24.1 Å². The summed E-state index contributed by atoms with van der Waals surface area (Å²) in [6, 6.07) is 7.68. The van der Waals surface area contributed by atoms with Gasteiger partial charge in [-0.05, 0) is 35.9 Å². The van der Waals surface area contributed by atoms with E-state index in [2.05, 4.69) is 10.2 Å². The highest BCUT2D eigenvalue weighted by Gasteiger charge is 2.11. The molecule has 2 aromatic heterocycles. The number of carbonyl (C=O) groups excluding carboxylic acids is 1. The molecule has 128 valence electrons. The van der Waals surface area contributed by atoms with Crippen molar-refractivity contribution in [1.82, 2.24) is 10.2 Å². The Bertz CT molecular complexity index is 886. The van der Waals surface area contributed by atoms with Crippen molar-refractivity contribution in [2.45, 2.75) is 6.61 Å². The van der Waals surface area contributed by atoms with E-state index in [9.17, 15) is 9.18 Å². The van der Waals surface area contributed by atoms with Gasteiger partial charge in [-0.15, -0.1) is 10.2 Å². The highest BCUT2D eigenvalue weighted by molar-refractivity contribution is 5.87. The number of esters is 1. The first-order valence-electron chi connectivity index (χ1n) is 7.20. The largest absolute Gasteiger partial charge is 0.494 e. The molecule has 25 heavy (non-hydrogen) atoms. The quantitative estimate of drug-likeness (QED) is 0.501. The lowest BCUT2D eigenvalue weighted by Gasteiger charge is -2.02. The van der Waals surface area contributed by atoms with Crippen molar-refractivity contribution in [3.63, 3.8) is 0 Å². The second kappa shape index (κ2) is 7.43. The zero-order valence-electron chi connectivity index (χ0n) is 13.1. The van der Waals surface area contributed by atoms with Crippen LogP contribution in [0.25, 0.3) is 17.7 Å². The summed E-state index contributed by atoms with van der Waals surface area (Å²) in [6.45, 7) is -0.187. The van der Waals surface area contributed by atoms with Crippen LogP contribution in [0.2, 0.25) is 0 Å². The monoisotopic (exact) mass is 344 g/mol. The van der Waals surface area contributed by atoms with Gasteiger partial charge in [0.1, 0.15) is 0 Å². The van der Waals surface area contributed by atoms with Crippen molar-refractivity contribution in [2.24, 2.45) is 0 Å². The van der Waals surface area contributed by atoms with E-state index in [1.165, 1.54) is 37.7 Å². The SMILES string of the molecule is COc1ccc(/C=C/C(=O)OCc2nnc(-c3ccco3)o2)cc1F. The van der Waals surface area contributed by atoms with Gasteiger partial charge in [0.15, 0.2) is 23.9 Å². The number of aromatic nitrogens is 2. The second-order valence-corrected chi connectivity index (χ2v) is 4.81. The van der Waals surface area contributed by atoms with E-state index in [0.29, 0.717) is 11.3 Å². The highest BCUT2D eigenvalue weighted by atomic mass is 19.1. The van der Waals surface area contributed by atoms with E-state index < -0.39 is 11.8 Å². The lowest BCUT2D eigenvalue weighted by molar-refractivity contribution is -0.139. The number of rotatable bonds is 6. The summed E-state index contributed by atoms with van der Waals surface area (Å²) in [4.78, 5) is 11.7. The van der Waals surface area contributed by atoms with Crippen molar-refractivity contribution >= 4 is 12.0 Å². The van der Waals surface area contributed by atoms with Crippen LogP contribution in [0.1, 0.15) is 11.5 Å². The first kappa shape index (κ1) is 16.4. The minimum atomic E-state index is -0.631. The number of furan rings is 1. The van der Waals surface area contributed by atoms with Crippen LogP contribution in [-0.4, -0.2) is 23.3 Å². The minimum absolute atomic E-state index is 0.128. The van der Waals surface area contributed by atoms with Crippen molar-refractivity contribution in [2.75, 3.05) is 7.11 Å². The van der Waals surface area contributed by atoms with Crippen LogP contribution in [0.5, 0.6) is 5.75 Å². The van der Waals surface area contributed by atoms with Gasteiger partial charge in [-0.2, -0.15) is 0 Å². The van der Waals surface area contributed by atoms with E-state index >= 15 is 0 Å². The fraction of sp³-hybridized carbons (Fsp3) is 0.118. The molecule has 0 aliphatic rings. The fourth-order valence-corrected chi connectivity index (χ4v) is 1.94. The molecule has 0 amide bonds. The van der Waals surface area contributed by atoms with Crippen LogP contribution in [0.3, 0.4) is 0 Å². The highest BCUT2D eigenvalue weighted by Crippen LogP contribution is 2.19. The average Bonchev–Trinajstić information content (AvgIpc) is 3.29. The molecular weight excluding hydrogens is 331 g/mol. The van der Waals surface area contributed by atoms with Gasteiger partial charge in [-0.3, -0.25) is 0 Å². The number of hydrogen-bond acceptors (Lipinski definition) is 7. The molecule has 0 N–H and O–H groups in total. The maximum absolute atomic E-state index is 13.6. The smallest absolute Gasteiger partial charge is 0.331 e. The normalized spacial score (nSPS) is 11.0. The number of carbonyl (C=O) groups is 1. The predicted octanol–water partition coefficient (Wildman–Crippen LogP) is 3.23. The molecule has 0 saturated heterocycles. The molecule has 8 heteroatoms. The van der Waals surface area contributed by atoms with Gasteiger partial charge < -0.3 is 18.3 Å². The van der Waals surface area contributed by atoms with Crippen molar-refractivity contribution in [3.8, 4) is 17.4 Å². The van der Waals surface area contributed by atoms with Gasteiger partial charge in [0.2, 0.25) is 0 Å². The molecule has 3 aromatic rings. The Labute approximate surface area is 141 Å². The zero-order valence-corrected chi connectivity index (χ0v) is 13.1. The van der Waals surface area contributed by atoms with E-state index in [0.717, 1.165) is 0 Å². The zero-order chi connectivity index (χ0) is 17.6. The first-order valence-corrected chi connectivity index (χ1v) is 7.20. The number of ether oxygens (including phenoxy) is 2. The molecule has 0 saturated carbocycles. The van der Waals surface area contributed by atoms with Gasteiger partial charge in [0.05, 0.1) is 13.4 Å². The number of methoxy groups -OCH3 is 1. The van der Waals surface area contributed by atoms with Gasteiger partial charge >= 0.3 is 5.97 Å². The molecule has 0 unspecified atom stereocenters. The topological polar surface area (TPSA) is 87.6 Å². The third-order valence-corrected chi connectivity index (χ3v) is 3.12. The Balaban J connectivity index is 1.55. The third kappa shape index (κ3) is 4.11. The maximum Gasteiger partial charge on any atom is 0.331 e. The van der Waals surface area contributed by atoms with E-state index in [1.807, 2.05) is 0 Å². The van der Waals surface area contributed by atoms with Crippen LogP contribution < -0.4 is 4.74 Å². The van der Waals surface area contributed by atoms with Crippen LogP contribution in [0, 0.1) is 5.82 Å². The molecule has 0 atom stereocenters. The van der Waals surface area contributed by atoms with E-state index in [1.54, 1.807) is 18.2 Å². The summed E-state index contributed by atoms with van der Waals surface area (Å²) >= 11 is 0. The molecule has 2 heterocycles. The number of benzene rings is 1. The van der Waals surface area contributed by atoms with Gasteiger partial charge in [-0.25, -0.2) is 9.18 Å². The minimum Gasteiger partial charge on any atom is -0.494 e. The van der Waals surface area contributed by atoms with Gasteiger partial charge in [0, 0.05) is 6.08 Å². The average molecular weight is 344 g/mol. The summed E-state index contributed by atoms with van der Waals surface area (Å²) in [5.41, 5.74) is 0.494. The van der Waals surface area contributed by atoms with Crippen molar-refractivity contribution in [3.05, 3.63) is 59.9 Å². The lowest BCUT2D eigenvalue weighted by Crippen LogP contribution is -2.01. The van der Waals surface area contributed by atoms with Crippen LogP contribution in [-0.2, 0) is 16.1 Å². The fourth-order valence-electron chi connectivity index (χ4n) is 1.94. The maximum atomic E-state index is 13.6. The molecule has 0 bridgehead atoms. The Hall–Kier alpha value is -3.42. The Kier molecular flexibility index (Phi) is 4.89.